The first kappa shape index (κ1) is 27.0. The number of carbonyl (C=O) groups excluding carboxylic acids is 1. The summed E-state index contributed by atoms with van der Waals surface area (Å²) in [6.07, 6.45) is 0. The molecule has 0 radical (unpaired) electrons. The Morgan fingerprint density at radius 3 is 2.00 bits per heavy atom. The van der Waals surface area contributed by atoms with Gasteiger partial charge in [0.15, 0.2) is 0 Å². The van der Waals surface area contributed by atoms with Crippen molar-refractivity contribution in [2.45, 2.75) is 22.9 Å². The molecular weight excluding hydrogens is 514 g/mol. The lowest BCUT2D eigenvalue weighted by Gasteiger charge is -2.26. The van der Waals surface area contributed by atoms with E-state index in [-0.39, 0.29) is 29.4 Å². The molecule has 3 aromatic rings. The molecule has 1 amide bonds. The fraction of sp³-hybridized carbons (Fsp3) is 0.269. The normalized spacial score (nSPS) is 14.9. The number of amides is 1. The molecule has 0 spiro atoms. The Morgan fingerprint density at radius 2 is 1.38 bits per heavy atom. The summed E-state index contributed by atoms with van der Waals surface area (Å²) in [4.78, 5) is 13.1. The third-order valence-corrected chi connectivity index (χ3v) is 9.64. The van der Waals surface area contributed by atoms with E-state index < -0.39 is 26.0 Å². The standard InChI is InChI=1S/C26H29N3O6S2/c30-26(27-19-22-11-13-25(14-12-22)36(31,32)28-15-17-35-18-16-28)21-29(20-23-7-3-1-4-8-23)37(33,34)24-9-5-2-6-10-24/h1-14H,15-21H2,(H,27,30). The molecule has 37 heavy (non-hydrogen) atoms. The Kier molecular flexibility index (Phi) is 8.72. The van der Waals surface area contributed by atoms with Crippen LogP contribution in [0.4, 0.5) is 0 Å². The van der Waals surface area contributed by atoms with Crippen LogP contribution in [0.5, 0.6) is 0 Å². The summed E-state index contributed by atoms with van der Waals surface area (Å²) >= 11 is 0. The predicted octanol–water partition coefficient (Wildman–Crippen LogP) is 2.21. The van der Waals surface area contributed by atoms with Gasteiger partial charge in [0.05, 0.1) is 29.5 Å². The van der Waals surface area contributed by atoms with Crippen LogP contribution in [0.25, 0.3) is 0 Å². The Hall–Kier alpha value is -3.09. The van der Waals surface area contributed by atoms with E-state index in [0.29, 0.717) is 31.9 Å². The SMILES string of the molecule is O=C(CN(Cc1ccccc1)S(=O)(=O)c1ccccc1)NCc1ccc(S(=O)(=O)N2CCOCC2)cc1. The lowest BCUT2D eigenvalue weighted by Crippen LogP contribution is -2.40. The topological polar surface area (TPSA) is 113 Å². The molecule has 196 valence electrons. The first-order valence-corrected chi connectivity index (χ1v) is 14.7. The van der Waals surface area contributed by atoms with Gasteiger partial charge in [0.1, 0.15) is 0 Å². The summed E-state index contributed by atoms with van der Waals surface area (Å²) in [6.45, 7) is 1.16. The summed E-state index contributed by atoms with van der Waals surface area (Å²) in [5.41, 5.74) is 1.45. The van der Waals surface area contributed by atoms with Crippen molar-refractivity contribution < 1.29 is 26.4 Å². The quantitative estimate of drug-likeness (QED) is 0.420. The van der Waals surface area contributed by atoms with Crippen LogP contribution in [0, 0.1) is 0 Å². The van der Waals surface area contributed by atoms with Crippen LogP contribution >= 0.6 is 0 Å². The molecule has 0 bridgehead atoms. The van der Waals surface area contributed by atoms with E-state index in [4.69, 9.17) is 4.74 Å². The molecule has 0 atom stereocenters. The molecule has 1 heterocycles. The van der Waals surface area contributed by atoms with Crippen molar-refractivity contribution >= 4 is 26.0 Å². The number of rotatable bonds is 10. The lowest BCUT2D eigenvalue weighted by atomic mass is 10.2. The number of hydrogen-bond acceptors (Lipinski definition) is 6. The molecule has 11 heteroatoms. The number of morpholine rings is 1. The van der Waals surface area contributed by atoms with E-state index in [9.17, 15) is 21.6 Å². The first-order chi connectivity index (χ1) is 17.8. The van der Waals surface area contributed by atoms with Gasteiger partial charge in [-0.2, -0.15) is 8.61 Å². The number of sulfonamides is 2. The second-order valence-corrected chi connectivity index (χ2v) is 12.4. The van der Waals surface area contributed by atoms with Crippen molar-refractivity contribution in [3.05, 3.63) is 96.1 Å². The summed E-state index contributed by atoms with van der Waals surface area (Å²) in [5, 5.41) is 2.74. The molecule has 0 aliphatic carbocycles. The van der Waals surface area contributed by atoms with Gasteiger partial charge in [-0.3, -0.25) is 4.79 Å². The second kappa shape index (κ2) is 12.0. The fourth-order valence-corrected chi connectivity index (χ4v) is 6.70. The molecule has 0 unspecified atom stereocenters. The fourth-order valence-electron chi connectivity index (χ4n) is 3.89. The van der Waals surface area contributed by atoms with Gasteiger partial charge >= 0.3 is 0 Å². The number of nitrogens with one attached hydrogen (secondary N) is 1. The molecule has 0 saturated carbocycles. The minimum absolute atomic E-state index is 0.0413. The zero-order valence-electron chi connectivity index (χ0n) is 20.2. The molecule has 1 fully saturated rings. The highest BCUT2D eigenvalue weighted by molar-refractivity contribution is 7.89. The summed E-state index contributed by atoms with van der Waals surface area (Å²) in [7, 11) is -7.52. The van der Waals surface area contributed by atoms with Crippen LogP contribution in [-0.2, 0) is 42.7 Å². The number of hydrogen-bond donors (Lipinski definition) is 1. The summed E-state index contributed by atoms with van der Waals surface area (Å²) < 4.78 is 59.9. The third kappa shape index (κ3) is 6.82. The minimum Gasteiger partial charge on any atom is -0.379 e. The van der Waals surface area contributed by atoms with Crippen LogP contribution < -0.4 is 5.32 Å². The largest absolute Gasteiger partial charge is 0.379 e. The molecule has 0 aromatic heterocycles. The van der Waals surface area contributed by atoms with Crippen molar-refractivity contribution in [3.8, 4) is 0 Å². The molecule has 9 nitrogen and oxygen atoms in total. The molecular formula is C26H29N3O6S2. The van der Waals surface area contributed by atoms with Gasteiger partial charge in [0.25, 0.3) is 0 Å². The van der Waals surface area contributed by atoms with E-state index in [0.717, 1.165) is 9.87 Å². The molecule has 1 aliphatic rings. The molecule has 3 aromatic carbocycles. The number of benzene rings is 3. The smallest absolute Gasteiger partial charge is 0.243 e. The van der Waals surface area contributed by atoms with Gasteiger partial charge in [0, 0.05) is 26.2 Å². The van der Waals surface area contributed by atoms with Gasteiger partial charge in [-0.25, -0.2) is 16.8 Å². The van der Waals surface area contributed by atoms with Gasteiger partial charge in [-0.05, 0) is 35.4 Å². The van der Waals surface area contributed by atoms with Crippen molar-refractivity contribution in [3.63, 3.8) is 0 Å². The summed E-state index contributed by atoms with van der Waals surface area (Å²) in [5.74, 6) is -0.472. The van der Waals surface area contributed by atoms with Crippen LogP contribution in [0.2, 0.25) is 0 Å². The number of carbonyl (C=O) groups is 1. The van der Waals surface area contributed by atoms with Crippen molar-refractivity contribution in [2.24, 2.45) is 0 Å². The Balaban J connectivity index is 1.42. The van der Waals surface area contributed by atoms with Crippen LogP contribution in [-0.4, -0.2) is 64.2 Å². The van der Waals surface area contributed by atoms with Gasteiger partial charge in [-0.1, -0.05) is 60.7 Å². The predicted molar refractivity (Wildman–Crippen MR) is 138 cm³/mol. The second-order valence-electron chi connectivity index (χ2n) is 8.51. The highest BCUT2D eigenvalue weighted by atomic mass is 32.2. The zero-order chi connectivity index (χ0) is 26.3. The van der Waals surface area contributed by atoms with E-state index in [1.807, 2.05) is 18.2 Å². The van der Waals surface area contributed by atoms with E-state index >= 15 is 0 Å². The highest BCUT2D eigenvalue weighted by Crippen LogP contribution is 2.19. The Bertz CT molecular complexity index is 1390. The zero-order valence-corrected chi connectivity index (χ0v) is 21.8. The number of ether oxygens (including phenoxy) is 1. The molecule has 1 saturated heterocycles. The van der Waals surface area contributed by atoms with Crippen molar-refractivity contribution in [1.29, 1.82) is 0 Å². The van der Waals surface area contributed by atoms with E-state index in [1.54, 1.807) is 42.5 Å². The average molecular weight is 544 g/mol. The molecule has 4 rings (SSSR count). The van der Waals surface area contributed by atoms with Crippen LogP contribution in [0.1, 0.15) is 11.1 Å². The maximum absolute atomic E-state index is 13.3. The molecule has 1 aliphatic heterocycles. The maximum Gasteiger partial charge on any atom is 0.243 e. The minimum atomic E-state index is -3.92. The van der Waals surface area contributed by atoms with Gasteiger partial charge in [0.2, 0.25) is 26.0 Å². The summed E-state index contributed by atoms with van der Waals surface area (Å²) in [6, 6.07) is 23.3. The monoisotopic (exact) mass is 543 g/mol. The maximum atomic E-state index is 13.3. The third-order valence-electron chi connectivity index (χ3n) is 5.92. The van der Waals surface area contributed by atoms with Crippen LogP contribution in [0.15, 0.2) is 94.7 Å². The Labute approximate surface area is 217 Å². The van der Waals surface area contributed by atoms with Gasteiger partial charge in [-0.15, -0.1) is 0 Å². The lowest BCUT2D eigenvalue weighted by molar-refractivity contribution is -0.121. The number of nitrogens with zero attached hydrogens (tertiary/aromatic N) is 2. The molecule has 1 N–H and O–H groups in total. The Morgan fingerprint density at radius 1 is 0.784 bits per heavy atom. The van der Waals surface area contributed by atoms with Crippen LogP contribution in [0.3, 0.4) is 0 Å². The van der Waals surface area contributed by atoms with Gasteiger partial charge < -0.3 is 10.1 Å². The van der Waals surface area contributed by atoms with Crippen molar-refractivity contribution in [1.82, 2.24) is 13.9 Å². The first-order valence-electron chi connectivity index (χ1n) is 11.8. The van der Waals surface area contributed by atoms with Crippen molar-refractivity contribution in [2.75, 3.05) is 32.8 Å². The van der Waals surface area contributed by atoms with E-state index in [1.165, 1.54) is 28.6 Å². The van der Waals surface area contributed by atoms with E-state index in [2.05, 4.69) is 5.32 Å². The average Bonchev–Trinajstić information content (AvgIpc) is 2.93. The highest BCUT2D eigenvalue weighted by Gasteiger charge is 2.27.